The maximum atomic E-state index is 7.35. The molecule has 0 saturated heterocycles. The SMILES string of the molecule is C1=CC2c3ccccc3C3(c4ccccc4Oc4c(N(c5ccc(-c6ccccc6)cc5)c5ccc6c(c5)C5(c7ccccc7Oc7ccccc75)c5ccccc5-6)cccc43)C2C=C1. The van der Waals surface area contributed by atoms with Crippen molar-refractivity contribution in [2.45, 2.75) is 16.7 Å². The van der Waals surface area contributed by atoms with Crippen LogP contribution in [0, 0.1) is 5.92 Å². The van der Waals surface area contributed by atoms with Gasteiger partial charge in [-0.2, -0.15) is 0 Å². The van der Waals surface area contributed by atoms with Gasteiger partial charge in [-0.05, 0) is 93.0 Å². The van der Waals surface area contributed by atoms with Crippen LogP contribution in [0.4, 0.5) is 17.1 Å². The molecule has 0 amide bonds. The number of hydrogen-bond acceptors (Lipinski definition) is 3. The smallest absolute Gasteiger partial charge is 0.155 e. The number of fused-ring (bicyclic) bond motifs is 18. The number of nitrogens with zero attached hydrogens (tertiary/aromatic N) is 1. The van der Waals surface area contributed by atoms with Crippen LogP contribution in [0.15, 0.2) is 237 Å². The fourth-order valence-corrected chi connectivity index (χ4v) is 12.4. The summed E-state index contributed by atoms with van der Waals surface area (Å²) in [5, 5.41) is 0. The second-order valence-corrected chi connectivity index (χ2v) is 17.8. The van der Waals surface area contributed by atoms with Gasteiger partial charge in [0.05, 0.1) is 16.5 Å². The second-order valence-electron chi connectivity index (χ2n) is 17.8. The maximum Gasteiger partial charge on any atom is 0.155 e. The molecule has 3 nitrogen and oxygen atoms in total. The van der Waals surface area contributed by atoms with E-state index in [4.69, 9.17) is 9.47 Å². The molecule has 0 N–H and O–H groups in total. The molecule has 0 fully saturated rings. The minimum atomic E-state index is -0.616. The average molecular weight is 832 g/mol. The first-order chi connectivity index (χ1) is 32.2. The molecule has 9 aromatic carbocycles. The molecule has 0 aromatic heterocycles. The molecule has 65 heavy (non-hydrogen) atoms. The zero-order chi connectivity index (χ0) is 42.7. The molecule has 0 radical (unpaired) electrons. The largest absolute Gasteiger partial charge is 0.457 e. The average Bonchev–Trinajstić information content (AvgIpc) is 3.83. The molecule has 3 aliphatic carbocycles. The molecule has 2 heterocycles. The Morgan fingerprint density at radius 3 is 1.72 bits per heavy atom. The topological polar surface area (TPSA) is 21.7 Å². The van der Waals surface area contributed by atoms with Gasteiger partial charge < -0.3 is 14.4 Å². The third-order valence-electron chi connectivity index (χ3n) is 14.9. The van der Waals surface area contributed by atoms with E-state index in [1.165, 1.54) is 50.1 Å². The van der Waals surface area contributed by atoms with E-state index in [1.807, 2.05) is 0 Å². The molecule has 306 valence electrons. The lowest BCUT2D eigenvalue weighted by Crippen LogP contribution is -2.38. The zero-order valence-corrected chi connectivity index (χ0v) is 35.4. The normalized spacial score (nSPS) is 19.1. The van der Waals surface area contributed by atoms with Crippen LogP contribution in [0.25, 0.3) is 22.3 Å². The number of allylic oxidation sites excluding steroid dienone is 4. The summed E-state index contributed by atoms with van der Waals surface area (Å²) < 4.78 is 14.1. The summed E-state index contributed by atoms with van der Waals surface area (Å²) in [6.45, 7) is 0. The number of ether oxygens (including phenoxy) is 2. The zero-order valence-electron chi connectivity index (χ0n) is 35.4. The first-order valence-electron chi connectivity index (χ1n) is 22.7. The minimum absolute atomic E-state index is 0.162. The van der Waals surface area contributed by atoms with Gasteiger partial charge >= 0.3 is 0 Å². The Balaban J connectivity index is 1.05. The predicted molar refractivity (Wildman–Crippen MR) is 261 cm³/mol. The highest BCUT2D eigenvalue weighted by molar-refractivity contribution is 5.92. The monoisotopic (exact) mass is 831 g/mol. The lowest BCUT2D eigenvalue weighted by atomic mass is 9.62. The van der Waals surface area contributed by atoms with Crippen molar-refractivity contribution in [1.29, 1.82) is 0 Å². The number of hydrogen-bond donors (Lipinski definition) is 0. The summed E-state index contributed by atoms with van der Waals surface area (Å²) in [7, 11) is 0. The molecule has 0 saturated carbocycles. The Kier molecular flexibility index (Phi) is 7.65. The van der Waals surface area contributed by atoms with E-state index >= 15 is 0 Å². The maximum absolute atomic E-state index is 7.35. The van der Waals surface area contributed by atoms with Crippen molar-refractivity contribution in [2.24, 2.45) is 5.92 Å². The molecule has 9 aromatic rings. The molecule has 3 atom stereocenters. The third-order valence-corrected chi connectivity index (χ3v) is 14.9. The molecular weight excluding hydrogens is 791 g/mol. The van der Waals surface area contributed by atoms with Crippen molar-refractivity contribution < 1.29 is 9.47 Å². The first kappa shape index (κ1) is 36.4. The van der Waals surface area contributed by atoms with Crippen LogP contribution in [0.1, 0.15) is 50.4 Å². The highest BCUT2D eigenvalue weighted by Crippen LogP contribution is 2.67. The summed E-state index contributed by atoms with van der Waals surface area (Å²) in [4.78, 5) is 2.43. The van der Waals surface area contributed by atoms with Crippen LogP contribution < -0.4 is 14.4 Å². The van der Waals surface area contributed by atoms with Crippen molar-refractivity contribution in [3.63, 3.8) is 0 Å². The number of anilines is 3. The fraction of sp³-hybridized carbons (Fsp3) is 0.0645. The Bertz CT molecular complexity index is 3430. The minimum Gasteiger partial charge on any atom is -0.457 e. The van der Waals surface area contributed by atoms with E-state index in [9.17, 15) is 0 Å². The van der Waals surface area contributed by atoms with Crippen LogP contribution in [0.3, 0.4) is 0 Å². The van der Waals surface area contributed by atoms with Gasteiger partial charge in [0.25, 0.3) is 0 Å². The predicted octanol–water partition coefficient (Wildman–Crippen LogP) is 15.6. The van der Waals surface area contributed by atoms with Gasteiger partial charge in [-0.25, -0.2) is 0 Å². The van der Waals surface area contributed by atoms with Crippen molar-refractivity contribution in [2.75, 3.05) is 4.90 Å². The molecule has 2 spiro atoms. The van der Waals surface area contributed by atoms with Gasteiger partial charge in [0, 0.05) is 45.5 Å². The number of benzene rings is 9. The fourth-order valence-electron chi connectivity index (χ4n) is 12.4. The van der Waals surface area contributed by atoms with E-state index in [2.05, 4.69) is 242 Å². The molecule has 14 rings (SSSR count). The Labute approximate surface area is 378 Å². The van der Waals surface area contributed by atoms with Gasteiger partial charge in [-0.15, -0.1) is 0 Å². The van der Waals surface area contributed by atoms with Crippen LogP contribution in [-0.2, 0) is 10.8 Å². The third kappa shape index (κ3) is 4.85. The van der Waals surface area contributed by atoms with Crippen molar-refractivity contribution in [1.82, 2.24) is 0 Å². The molecule has 0 bridgehead atoms. The van der Waals surface area contributed by atoms with E-state index < -0.39 is 10.8 Å². The van der Waals surface area contributed by atoms with Gasteiger partial charge in [0.1, 0.15) is 17.2 Å². The highest BCUT2D eigenvalue weighted by atomic mass is 16.5. The Morgan fingerprint density at radius 1 is 0.385 bits per heavy atom. The van der Waals surface area contributed by atoms with E-state index in [0.29, 0.717) is 0 Å². The van der Waals surface area contributed by atoms with Gasteiger partial charge in [0.15, 0.2) is 5.75 Å². The van der Waals surface area contributed by atoms with Crippen LogP contribution in [-0.4, -0.2) is 0 Å². The summed E-state index contributed by atoms with van der Waals surface area (Å²) in [5.74, 6) is 3.92. The van der Waals surface area contributed by atoms with E-state index in [-0.39, 0.29) is 11.8 Å². The summed E-state index contributed by atoms with van der Waals surface area (Å²) in [6, 6.07) is 77.5. The number of rotatable bonds is 4. The molecule has 2 aliphatic heterocycles. The second kappa shape index (κ2) is 13.7. The standard InChI is InChI=1S/C62H41NO2/c1-2-17-40(18-3-1)41-33-35-42(36-34-41)63(43-37-38-47-46-21-6-9-24-50(46)62(55(47)39-43)51-25-10-13-30-57(51)64-58-31-14-11-26-52(58)62)56-29-16-28-54-60(56)65-59-32-15-12-27-53(59)61(54)48-22-7-4-19-44(48)45-20-5-8-23-49(45)61/h1-39,44,48H. The Hall–Kier alpha value is -8.14. The van der Waals surface area contributed by atoms with Crippen molar-refractivity contribution >= 4 is 17.1 Å². The summed E-state index contributed by atoms with van der Waals surface area (Å²) >= 11 is 0. The summed E-state index contributed by atoms with van der Waals surface area (Å²) in [5.41, 5.74) is 16.6. The summed E-state index contributed by atoms with van der Waals surface area (Å²) in [6.07, 6.45) is 9.28. The number of para-hydroxylation sites is 4. The lowest BCUT2D eigenvalue weighted by Gasteiger charge is -2.44. The van der Waals surface area contributed by atoms with Gasteiger partial charge in [-0.3, -0.25) is 0 Å². The Morgan fingerprint density at radius 2 is 0.954 bits per heavy atom. The van der Waals surface area contributed by atoms with Crippen LogP contribution in [0.5, 0.6) is 23.0 Å². The molecule has 5 aliphatic rings. The molecule has 3 heteroatoms. The molecule has 3 unspecified atom stereocenters. The quantitative estimate of drug-likeness (QED) is 0.176. The molecular formula is C62H41NO2. The van der Waals surface area contributed by atoms with Gasteiger partial charge in [-0.1, -0.05) is 188 Å². The van der Waals surface area contributed by atoms with E-state index in [0.717, 1.165) is 56.8 Å². The van der Waals surface area contributed by atoms with E-state index in [1.54, 1.807) is 0 Å². The van der Waals surface area contributed by atoms with Crippen LogP contribution in [0.2, 0.25) is 0 Å². The van der Waals surface area contributed by atoms with Gasteiger partial charge in [0.2, 0.25) is 0 Å². The van der Waals surface area contributed by atoms with Crippen molar-refractivity contribution in [3.8, 4) is 45.3 Å². The highest BCUT2D eigenvalue weighted by Gasteiger charge is 2.57. The van der Waals surface area contributed by atoms with Crippen LogP contribution >= 0.6 is 0 Å². The first-order valence-corrected chi connectivity index (χ1v) is 22.7. The lowest BCUT2D eigenvalue weighted by molar-refractivity contribution is 0.375. The van der Waals surface area contributed by atoms with Crippen molar-refractivity contribution in [3.05, 3.63) is 281 Å².